The highest BCUT2D eigenvalue weighted by molar-refractivity contribution is 5.75. The van der Waals surface area contributed by atoms with Gasteiger partial charge in [-0.25, -0.2) is 0 Å². The maximum absolute atomic E-state index is 10.8. The summed E-state index contributed by atoms with van der Waals surface area (Å²) in [5.74, 6) is 1.17. The van der Waals surface area contributed by atoms with E-state index in [2.05, 4.69) is 32.9 Å². The van der Waals surface area contributed by atoms with Gasteiger partial charge >= 0.3 is 0 Å². The Bertz CT molecular complexity index is 381. The molecule has 2 heteroatoms. The van der Waals surface area contributed by atoms with Crippen LogP contribution in [0.15, 0.2) is 12.1 Å². The Labute approximate surface area is 97.6 Å². The van der Waals surface area contributed by atoms with Crippen molar-refractivity contribution < 1.29 is 9.53 Å². The largest absolute Gasteiger partial charge is 0.493 e. The van der Waals surface area contributed by atoms with Crippen molar-refractivity contribution in [2.24, 2.45) is 0 Å². The van der Waals surface area contributed by atoms with Crippen molar-refractivity contribution in [3.8, 4) is 5.75 Å². The van der Waals surface area contributed by atoms with Gasteiger partial charge in [-0.1, -0.05) is 6.07 Å². The van der Waals surface area contributed by atoms with Gasteiger partial charge in [-0.05, 0) is 56.9 Å². The molecule has 0 fully saturated rings. The van der Waals surface area contributed by atoms with Crippen molar-refractivity contribution in [1.82, 2.24) is 0 Å². The molecule has 0 radical (unpaired) electrons. The molecule has 1 aromatic carbocycles. The molecule has 0 bridgehead atoms. The number of hydrogen-bond donors (Lipinski definition) is 0. The summed E-state index contributed by atoms with van der Waals surface area (Å²) in [5, 5.41) is 0. The van der Waals surface area contributed by atoms with E-state index in [0.29, 0.717) is 13.0 Å². The summed E-state index contributed by atoms with van der Waals surface area (Å²) in [7, 11) is 0. The third-order valence-corrected chi connectivity index (χ3v) is 2.69. The zero-order chi connectivity index (χ0) is 12.1. The summed E-state index contributed by atoms with van der Waals surface area (Å²) in [4.78, 5) is 10.8. The van der Waals surface area contributed by atoms with Gasteiger partial charge in [-0.15, -0.1) is 0 Å². The molecule has 1 rings (SSSR count). The van der Waals surface area contributed by atoms with Crippen LogP contribution in [0.4, 0.5) is 0 Å². The van der Waals surface area contributed by atoms with Gasteiger partial charge < -0.3 is 9.53 Å². The van der Waals surface area contributed by atoms with E-state index < -0.39 is 0 Å². The molecule has 1 aromatic rings. The first-order valence-corrected chi connectivity index (χ1v) is 5.71. The summed E-state index contributed by atoms with van der Waals surface area (Å²) in [6.45, 7) is 8.44. The standard InChI is InChI=1S/C14H20O2/c1-10-8-11(2)13(4)14(9-10)16-7-5-6-12(3)15/h8-9H,5-7H2,1-4H3. The molecule has 88 valence electrons. The molecular formula is C14H20O2. The molecule has 0 aliphatic heterocycles. The van der Waals surface area contributed by atoms with Crippen molar-refractivity contribution in [3.63, 3.8) is 0 Å². The maximum atomic E-state index is 10.8. The van der Waals surface area contributed by atoms with E-state index >= 15 is 0 Å². The first-order valence-electron chi connectivity index (χ1n) is 5.71. The molecule has 0 aromatic heterocycles. The molecule has 0 saturated carbocycles. The van der Waals surface area contributed by atoms with Gasteiger partial charge in [-0.2, -0.15) is 0 Å². The van der Waals surface area contributed by atoms with Crippen molar-refractivity contribution in [2.45, 2.75) is 40.5 Å². The number of hydrogen-bond acceptors (Lipinski definition) is 2. The van der Waals surface area contributed by atoms with Gasteiger partial charge in [0.05, 0.1) is 6.61 Å². The van der Waals surface area contributed by atoms with Crippen LogP contribution in [0.25, 0.3) is 0 Å². The van der Waals surface area contributed by atoms with Gasteiger partial charge in [-0.3, -0.25) is 0 Å². The van der Waals surface area contributed by atoms with Crippen LogP contribution >= 0.6 is 0 Å². The van der Waals surface area contributed by atoms with Crippen molar-refractivity contribution in [1.29, 1.82) is 0 Å². The minimum absolute atomic E-state index is 0.223. The predicted molar refractivity (Wildman–Crippen MR) is 66.1 cm³/mol. The third-order valence-electron chi connectivity index (χ3n) is 2.69. The van der Waals surface area contributed by atoms with Gasteiger partial charge in [0, 0.05) is 6.42 Å². The van der Waals surface area contributed by atoms with E-state index in [1.54, 1.807) is 6.92 Å². The third kappa shape index (κ3) is 3.69. The maximum Gasteiger partial charge on any atom is 0.129 e. The van der Waals surface area contributed by atoms with Crippen LogP contribution in [0.5, 0.6) is 5.75 Å². The second kappa shape index (κ2) is 5.69. The van der Waals surface area contributed by atoms with Crippen LogP contribution in [0.1, 0.15) is 36.5 Å². The molecule has 0 spiro atoms. The highest BCUT2D eigenvalue weighted by atomic mass is 16.5. The molecule has 0 N–H and O–H groups in total. The minimum atomic E-state index is 0.223. The van der Waals surface area contributed by atoms with Crippen molar-refractivity contribution in [3.05, 3.63) is 28.8 Å². The average Bonchev–Trinajstić information content (AvgIpc) is 2.19. The van der Waals surface area contributed by atoms with Crippen molar-refractivity contribution in [2.75, 3.05) is 6.61 Å². The van der Waals surface area contributed by atoms with Gasteiger partial charge in [0.15, 0.2) is 0 Å². The van der Waals surface area contributed by atoms with E-state index in [0.717, 1.165) is 12.2 Å². The molecule has 0 heterocycles. The zero-order valence-corrected chi connectivity index (χ0v) is 10.6. The van der Waals surface area contributed by atoms with Crippen LogP contribution < -0.4 is 4.74 Å². The van der Waals surface area contributed by atoms with E-state index in [1.165, 1.54) is 16.7 Å². The summed E-state index contributed by atoms with van der Waals surface area (Å²) in [5.41, 5.74) is 3.65. The van der Waals surface area contributed by atoms with Crippen LogP contribution in [0, 0.1) is 20.8 Å². The number of ketones is 1. The Morgan fingerprint density at radius 2 is 1.94 bits per heavy atom. The fourth-order valence-corrected chi connectivity index (χ4v) is 1.65. The summed E-state index contributed by atoms with van der Waals surface area (Å²) in [6.07, 6.45) is 1.39. The number of Topliss-reactive ketones (excluding diaryl/α,β-unsaturated/α-hetero) is 1. The molecule has 0 unspecified atom stereocenters. The fourth-order valence-electron chi connectivity index (χ4n) is 1.65. The normalized spacial score (nSPS) is 10.2. The molecule has 0 atom stereocenters. The number of ether oxygens (including phenoxy) is 1. The van der Waals surface area contributed by atoms with E-state index in [-0.39, 0.29) is 5.78 Å². The van der Waals surface area contributed by atoms with Crippen LogP contribution in [-0.2, 0) is 4.79 Å². The average molecular weight is 220 g/mol. The first-order chi connectivity index (χ1) is 7.50. The summed E-state index contributed by atoms with van der Waals surface area (Å²) >= 11 is 0. The SMILES string of the molecule is CC(=O)CCCOc1cc(C)cc(C)c1C. The number of benzene rings is 1. The summed E-state index contributed by atoms with van der Waals surface area (Å²) < 4.78 is 5.70. The second-order valence-corrected chi connectivity index (χ2v) is 4.36. The molecule has 2 nitrogen and oxygen atoms in total. The first kappa shape index (κ1) is 12.8. The zero-order valence-electron chi connectivity index (χ0n) is 10.6. The Morgan fingerprint density at radius 1 is 1.25 bits per heavy atom. The summed E-state index contributed by atoms with van der Waals surface area (Å²) in [6, 6.07) is 4.20. The number of carbonyl (C=O) groups is 1. The molecule has 16 heavy (non-hydrogen) atoms. The topological polar surface area (TPSA) is 26.3 Å². The Hall–Kier alpha value is -1.31. The predicted octanol–water partition coefficient (Wildman–Crippen LogP) is 3.36. The molecule has 0 aliphatic rings. The molecular weight excluding hydrogens is 200 g/mol. The lowest BCUT2D eigenvalue weighted by molar-refractivity contribution is -0.117. The number of rotatable bonds is 5. The van der Waals surface area contributed by atoms with E-state index in [4.69, 9.17) is 4.74 Å². The van der Waals surface area contributed by atoms with E-state index in [9.17, 15) is 4.79 Å². The lowest BCUT2D eigenvalue weighted by Gasteiger charge is -2.11. The highest BCUT2D eigenvalue weighted by Gasteiger charge is 2.03. The lowest BCUT2D eigenvalue weighted by atomic mass is 10.1. The molecule has 0 aliphatic carbocycles. The van der Waals surface area contributed by atoms with Gasteiger partial charge in [0.1, 0.15) is 11.5 Å². The second-order valence-electron chi connectivity index (χ2n) is 4.36. The van der Waals surface area contributed by atoms with Crippen LogP contribution in [0.2, 0.25) is 0 Å². The Kier molecular flexibility index (Phi) is 4.53. The van der Waals surface area contributed by atoms with Crippen LogP contribution in [-0.4, -0.2) is 12.4 Å². The molecule has 0 saturated heterocycles. The highest BCUT2D eigenvalue weighted by Crippen LogP contribution is 2.23. The lowest BCUT2D eigenvalue weighted by Crippen LogP contribution is -2.02. The Morgan fingerprint density at radius 3 is 2.56 bits per heavy atom. The Balaban J connectivity index is 2.57. The van der Waals surface area contributed by atoms with Crippen LogP contribution in [0.3, 0.4) is 0 Å². The van der Waals surface area contributed by atoms with Gasteiger partial charge in [0.2, 0.25) is 0 Å². The smallest absolute Gasteiger partial charge is 0.129 e. The number of aryl methyl sites for hydroxylation is 2. The van der Waals surface area contributed by atoms with E-state index in [1.807, 2.05) is 0 Å². The number of carbonyl (C=O) groups excluding carboxylic acids is 1. The monoisotopic (exact) mass is 220 g/mol. The quantitative estimate of drug-likeness (QED) is 0.711. The minimum Gasteiger partial charge on any atom is -0.493 e. The fraction of sp³-hybridized carbons (Fsp3) is 0.500. The molecule has 0 amide bonds. The van der Waals surface area contributed by atoms with Crippen molar-refractivity contribution >= 4 is 5.78 Å². The van der Waals surface area contributed by atoms with Gasteiger partial charge in [0.25, 0.3) is 0 Å².